The highest BCUT2D eigenvalue weighted by atomic mass is 35.5. The number of hydrogen-bond acceptors (Lipinski definition) is 4. The molecule has 0 aliphatic rings. The minimum Gasteiger partial charge on any atom is -0.461 e. The Hall–Kier alpha value is -1.81. The van der Waals surface area contributed by atoms with Crippen LogP contribution in [0.5, 0.6) is 0 Å². The molecular weight excluding hydrogens is 254 g/mol. The number of benzene rings is 1. The molecule has 1 aromatic carbocycles. The number of halogens is 1. The Kier molecular flexibility index (Phi) is 3.67. The largest absolute Gasteiger partial charge is 0.461 e. The van der Waals surface area contributed by atoms with E-state index in [1.54, 1.807) is 38.1 Å². The van der Waals surface area contributed by atoms with Gasteiger partial charge in [0.15, 0.2) is 17.3 Å². The van der Waals surface area contributed by atoms with E-state index in [1.165, 1.54) is 0 Å². The molecular formula is C13H12ClNO3. The predicted molar refractivity (Wildman–Crippen MR) is 67.6 cm³/mol. The van der Waals surface area contributed by atoms with Crippen LogP contribution in [0.4, 0.5) is 0 Å². The van der Waals surface area contributed by atoms with Gasteiger partial charge in [0.25, 0.3) is 0 Å². The topological polar surface area (TPSA) is 52.3 Å². The maximum atomic E-state index is 11.8. The zero-order valence-corrected chi connectivity index (χ0v) is 10.8. The van der Waals surface area contributed by atoms with Crippen molar-refractivity contribution in [2.45, 2.75) is 13.8 Å². The average molecular weight is 266 g/mol. The number of aryl methyl sites for hydroxylation is 1. The smallest absolute Gasteiger partial charge is 0.360 e. The molecule has 0 fully saturated rings. The molecule has 2 aromatic rings. The molecule has 0 saturated carbocycles. The molecule has 1 heterocycles. The Bertz CT molecular complexity index is 577. The van der Waals surface area contributed by atoms with E-state index in [0.717, 1.165) is 0 Å². The second kappa shape index (κ2) is 5.23. The summed E-state index contributed by atoms with van der Waals surface area (Å²) < 4.78 is 10.4. The van der Waals surface area contributed by atoms with E-state index < -0.39 is 5.97 Å². The Morgan fingerprint density at radius 1 is 1.50 bits per heavy atom. The van der Waals surface area contributed by atoms with E-state index in [1.807, 2.05) is 0 Å². The lowest BCUT2D eigenvalue weighted by Crippen LogP contribution is -2.06. The number of carbonyl (C=O) groups is 1. The third kappa shape index (κ3) is 2.54. The summed E-state index contributed by atoms with van der Waals surface area (Å²) in [6.45, 7) is 3.71. The van der Waals surface area contributed by atoms with Gasteiger partial charge < -0.3 is 9.15 Å². The first kappa shape index (κ1) is 12.6. The number of carbonyl (C=O) groups excluding carboxylic acids is 1. The summed E-state index contributed by atoms with van der Waals surface area (Å²) in [5.74, 6) is 0.297. The van der Waals surface area contributed by atoms with Crippen LogP contribution >= 0.6 is 11.6 Å². The van der Waals surface area contributed by atoms with Crippen molar-refractivity contribution in [1.29, 1.82) is 0 Å². The van der Waals surface area contributed by atoms with Crippen LogP contribution in [0.3, 0.4) is 0 Å². The highest BCUT2D eigenvalue weighted by Gasteiger charge is 2.21. The number of rotatable bonds is 3. The van der Waals surface area contributed by atoms with Crippen LogP contribution in [-0.4, -0.2) is 17.6 Å². The van der Waals surface area contributed by atoms with Gasteiger partial charge in [0.2, 0.25) is 0 Å². The number of nitrogens with zero attached hydrogens (tertiary/aromatic N) is 1. The van der Waals surface area contributed by atoms with Crippen molar-refractivity contribution < 1.29 is 13.9 Å². The molecule has 0 N–H and O–H groups in total. The molecule has 2 rings (SSSR count). The van der Waals surface area contributed by atoms with Gasteiger partial charge in [-0.25, -0.2) is 9.78 Å². The van der Waals surface area contributed by atoms with Crippen LogP contribution in [0, 0.1) is 6.92 Å². The van der Waals surface area contributed by atoms with Crippen molar-refractivity contribution in [3.05, 3.63) is 40.9 Å². The van der Waals surface area contributed by atoms with E-state index in [4.69, 9.17) is 20.8 Å². The van der Waals surface area contributed by atoms with Gasteiger partial charge in [-0.3, -0.25) is 0 Å². The number of esters is 1. The lowest BCUT2D eigenvalue weighted by molar-refractivity contribution is 0.0520. The molecule has 0 bridgehead atoms. The first-order valence-electron chi connectivity index (χ1n) is 5.52. The number of oxazole rings is 1. The molecule has 0 radical (unpaired) electrons. The Labute approximate surface area is 110 Å². The highest BCUT2D eigenvalue weighted by molar-refractivity contribution is 6.30. The fraction of sp³-hybridized carbons (Fsp3) is 0.231. The van der Waals surface area contributed by atoms with E-state index in [9.17, 15) is 4.79 Å². The second-order valence-electron chi connectivity index (χ2n) is 3.64. The summed E-state index contributed by atoms with van der Waals surface area (Å²) in [5.41, 5.74) is 0.878. The summed E-state index contributed by atoms with van der Waals surface area (Å²) in [4.78, 5) is 15.8. The SMILES string of the molecule is CCOC(=O)c1nc(C)oc1-c1cccc(Cl)c1. The lowest BCUT2D eigenvalue weighted by atomic mass is 10.1. The van der Waals surface area contributed by atoms with Crippen molar-refractivity contribution in [2.24, 2.45) is 0 Å². The fourth-order valence-electron chi connectivity index (χ4n) is 1.59. The maximum Gasteiger partial charge on any atom is 0.360 e. The first-order chi connectivity index (χ1) is 8.61. The molecule has 5 heteroatoms. The lowest BCUT2D eigenvalue weighted by Gasteiger charge is -2.01. The zero-order chi connectivity index (χ0) is 13.1. The third-order valence-corrected chi connectivity index (χ3v) is 2.52. The predicted octanol–water partition coefficient (Wildman–Crippen LogP) is 3.48. The van der Waals surface area contributed by atoms with Crippen LogP contribution in [-0.2, 0) is 4.74 Å². The standard InChI is InChI=1S/C13H12ClNO3/c1-3-17-13(16)11-12(18-8(2)15-11)9-5-4-6-10(14)7-9/h4-7H,3H2,1-2H3. The normalized spacial score (nSPS) is 10.4. The molecule has 0 amide bonds. The molecule has 0 aliphatic heterocycles. The summed E-state index contributed by atoms with van der Waals surface area (Å²) in [6, 6.07) is 7.04. The van der Waals surface area contributed by atoms with Crippen LogP contribution in [0.2, 0.25) is 5.02 Å². The molecule has 4 nitrogen and oxygen atoms in total. The van der Waals surface area contributed by atoms with Crippen molar-refractivity contribution in [3.8, 4) is 11.3 Å². The highest BCUT2D eigenvalue weighted by Crippen LogP contribution is 2.27. The Morgan fingerprint density at radius 3 is 2.94 bits per heavy atom. The van der Waals surface area contributed by atoms with E-state index >= 15 is 0 Å². The average Bonchev–Trinajstić information content (AvgIpc) is 2.72. The molecule has 1 aromatic heterocycles. The van der Waals surface area contributed by atoms with E-state index in [2.05, 4.69) is 4.98 Å². The monoisotopic (exact) mass is 265 g/mol. The van der Waals surface area contributed by atoms with E-state index in [-0.39, 0.29) is 5.69 Å². The molecule has 0 aliphatic carbocycles. The third-order valence-electron chi connectivity index (χ3n) is 2.29. The Balaban J connectivity index is 2.47. The number of ether oxygens (including phenoxy) is 1. The quantitative estimate of drug-likeness (QED) is 0.797. The summed E-state index contributed by atoms with van der Waals surface area (Å²) in [6.07, 6.45) is 0. The molecule has 0 spiro atoms. The van der Waals surface area contributed by atoms with Crippen LogP contribution in [0.1, 0.15) is 23.3 Å². The van der Waals surface area contributed by atoms with Crippen molar-refractivity contribution in [3.63, 3.8) is 0 Å². The summed E-state index contributed by atoms with van der Waals surface area (Å²) >= 11 is 5.92. The summed E-state index contributed by atoms with van der Waals surface area (Å²) in [5, 5.41) is 0.566. The number of aromatic nitrogens is 1. The van der Waals surface area contributed by atoms with Crippen molar-refractivity contribution in [1.82, 2.24) is 4.98 Å². The fourth-order valence-corrected chi connectivity index (χ4v) is 1.78. The van der Waals surface area contributed by atoms with Crippen LogP contribution < -0.4 is 0 Å². The van der Waals surface area contributed by atoms with Gasteiger partial charge in [0.1, 0.15) is 0 Å². The number of hydrogen-bond donors (Lipinski definition) is 0. The Morgan fingerprint density at radius 2 is 2.28 bits per heavy atom. The van der Waals surface area contributed by atoms with E-state index in [0.29, 0.717) is 28.8 Å². The van der Waals surface area contributed by atoms with Gasteiger partial charge in [0, 0.05) is 17.5 Å². The molecule has 18 heavy (non-hydrogen) atoms. The van der Waals surface area contributed by atoms with Gasteiger partial charge in [-0.15, -0.1) is 0 Å². The van der Waals surface area contributed by atoms with Gasteiger partial charge in [0.05, 0.1) is 6.61 Å². The van der Waals surface area contributed by atoms with Gasteiger partial charge in [-0.2, -0.15) is 0 Å². The van der Waals surface area contributed by atoms with Gasteiger partial charge in [-0.05, 0) is 19.1 Å². The zero-order valence-electron chi connectivity index (χ0n) is 10.1. The molecule has 0 saturated heterocycles. The minimum absolute atomic E-state index is 0.177. The van der Waals surface area contributed by atoms with Crippen molar-refractivity contribution >= 4 is 17.6 Å². The van der Waals surface area contributed by atoms with Crippen molar-refractivity contribution in [2.75, 3.05) is 6.61 Å². The second-order valence-corrected chi connectivity index (χ2v) is 4.08. The van der Waals surface area contributed by atoms with Gasteiger partial charge in [-0.1, -0.05) is 23.7 Å². The minimum atomic E-state index is -0.496. The molecule has 0 atom stereocenters. The van der Waals surface area contributed by atoms with Crippen LogP contribution in [0.25, 0.3) is 11.3 Å². The summed E-state index contributed by atoms with van der Waals surface area (Å²) in [7, 11) is 0. The molecule has 0 unspecified atom stereocenters. The van der Waals surface area contributed by atoms with Crippen LogP contribution in [0.15, 0.2) is 28.7 Å². The van der Waals surface area contributed by atoms with Gasteiger partial charge >= 0.3 is 5.97 Å². The maximum absolute atomic E-state index is 11.8. The first-order valence-corrected chi connectivity index (χ1v) is 5.90. The molecule has 94 valence electrons.